The molecule has 3 rings (SSSR count). The molecule has 9 heteroatoms. The van der Waals surface area contributed by atoms with E-state index in [0.717, 1.165) is 31.2 Å². The summed E-state index contributed by atoms with van der Waals surface area (Å²) in [6.07, 6.45) is -9.49. The number of alkyl halides is 6. The number of carbonyl (C=O) groups is 1. The lowest BCUT2D eigenvalue weighted by Gasteiger charge is -2.33. The summed E-state index contributed by atoms with van der Waals surface area (Å²) in [6.45, 7) is 2.23. The summed E-state index contributed by atoms with van der Waals surface area (Å²) in [7, 11) is 0. The van der Waals surface area contributed by atoms with Crippen LogP contribution in [0.2, 0.25) is 0 Å². The molecule has 28 heavy (non-hydrogen) atoms. The molecule has 1 heterocycles. The number of hydrogen-bond acceptors (Lipinski definition) is 3. The van der Waals surface area contributed by atoms with Crippen LogP contribution in [0.5, 0.6) is 0 Å². The van der Waals surface area contributed by atoms with Crippen molar-refractivity contribution in [3.05, 3.63) is 70.8 Å². The average Bonchev–Trinajstić information content (AvgIpc) is 3.42. The Morgan fingerprint density at radius 3 is 1.57 bits per heavy atom. The molecule has 0 aromatic heterocycles. The van der Waals surface area contributed by atoms with Gasteiger partial charge in [0, 0.05) is 11.1 Å². The molecule has 0 radical (unpaired) electrons. The van der Waals surface area contributed by atoms with Crippen molar-refractivity contribution in [3.8, 4) is 0 Å². The van der Waals surface area contributed by atoms with Crippen molar-refractivity contribution in [2.45, 2.75) is 37.3 Å². The minimum Gasteiger partial charge on any atom is -0.295 e. The molecule has 148 valence electrons. The number of carbonyl (C=O) groups excluding carboxylic acids is 1. The molecular formula is C19H14F6N2O. The van der Waals surface area contributed by atoms with E-state index in [2.05, 4.69) is 10.2 Å². The van der Waals surface area contributed by atoms with Crippen molar-refractivity contribution in [2.24, 2.45) is 10.2 Å². The second-order valence-corrected chi connectivity index (χ2v) is 6.70. The number of Topliss-reactive ketones (excluding diaryl/α,β-unsaturated/α-hetero) is 1. The van der Waals surface area contributed by atoms with Gasteiger partial charge in [-0.15, -0.1) is 10.2 Å². The number of halogens is 6. The van der Waals surface area contributed by atoms with Crippen LogP contribution in [0.4, 0.5) is 26.3 Å². The van der Waals surface area contributed by atoms with E-state index < -0.39 is 23.4 Å². The van der Waals surface area contributed by atoms with Crippen molar-refractivity contribution < 1.29 is 31.1 Å². The van der Waals surface area contributed by atoms with Gasteiger partial charge >= 0.3 is 18.0 Å². The van der Waals surface area contributed by atoms with Gasteiger partial charge in [0.1, 0.15) is 5.41 Å². The van der Waals surface area contributed by atoms with Gasteiger partial charge in [-0.05, 0) is 25.0 Å². The molecule has 2 aromatic carbocycles. The number of nitrogens with zero attached hydrogens (tertiary/aromatic N) is 2. The molecule has 1 aliphatic rings. The van der Waals surface area contributed by atoms with Gasteiger partial charge in [-0.25, -0.2) is 0 Å². The summed E-state index contributed by atoms with van der Waals surface area (Å²) in [5.41, 5.74) is -5.64. The molecule has 2 aromatic rings. The summed E-state index contributed by atoms with van der Waals surface area (Å²) >= 11 is 0. The average molecular weight is 400 g/mol. The Morgan fingerprint density at radius 1 is 0.821 bits per heavy atom. The summed E-state index contributed by atoms with van der Waals surface area (Å²) < 4.78 is 81.2. The van der Waals surface area contributed by atoms with Crippen LogP contribution in [0.15, 0.2) is 58.8 Å². The van der Waals surface area contributed by atoms with E-state index in [9.17, 15) is 31.1 Å². The van der Waals surface area contributed by atoms with Crippen molar-refractivity contribution in [3.63, 3.8) is 0 Å². The fraction of sp³-hybridized carbons (Fsp3) is 0.316. The molecule has 1 unspecified atom stereocenters. The van der Waals surface area contributed by atoms with Crippen LogP contribution < -0.4 is 0 Å². The maximum atomic E-state index is 14.0. The van der Waals surface area contributed by atoms with Crippen LogP contribution in [0.1, 0.15) is 40.9 Å². The first kappa shape index (κ1) is 20.0. The number of rotatable bonds is 4. The van der Waals surface area contributed by atoms with E-state index in [1.165, 1.54) is 31.2 Å². The minimum absolute atomic E-state index is 0.135. The Bertz CT molecular complexity index is 923. The van der Waals surface area contributed by atoms with E-state index >= 15 is 0 Å². The predicted molar refractivity (Wildman–Crippen MR) is 88.0 cm³/mol. The van der Waals surface area contributed by atoms with Gasteiger partial charge in [-0.2, -0.15) is 26.3 Å². The zero-order valence-corrected chi connectivity index (χ0v) is 14.7. The highest BCUT2D eigenvalue weighted by Crippen LogP contribution is 2.53. The Labute approximate surface area is 156 Å². The Hall–Kier alpha value is -2.71. The summed E-state index contributed by atoms with van der Waals surface area (Å²) in [5, 5.41) is 6.09. The predicted octanol–water partition coefficient (Wildman–Crippen LogP) is 5.94. The smallest absolute Gasteiger partial charge is 0.295 e. The maximum Gasteiger partial charge on any atom is 0.442 e. The Balaban J connectivity index is 2.05. The molecule has 1 aliphatic heterocycles. The second kappa shape index (κ2) is 6.15. The lowest BCUT2D eigenvalue weighted by atomic mass is 9.75. The zero-order valence-electron chi connectivity index (χ0n) is 14.7. The van der Waals surface area contributed by atoms with Crippen molar-refractivity contribution in [1.82, 2.24) is 0 Å². The molecular weight excluding hydrogens is 386 g/mol. The van der Waals surface area contributed by atoms with E-state index in [-0.39, 0.29) is 28.0 Å². The minimum atomic E-state index is -4.76. The molecule has 1 atom stereocenters. The van der Waals surface area contributed by atoms with Crippen LogP contribution in [0, 0.1) is 0 Å². The van der Waals surface area contributed by atoms with Crippen LogP contribution in [-0.4, -0.2) is 18.1 Å². The third-order valence-electron chi connectivity index (χ3n) is 5.00. The molecule has 0 aliphatic carbocycles. The van der Waals surface area contributed by atoms with E-state index in [1.807, 2.05) is 0 Å². The maximum absolute atomic E-state index is 14.0. The van der Waals surface area contributed by atoms with E-state index in [4.69, 9.17) is 0 Å². The highest BCUT2D eigenvalue weighted by Gasteiger charge is 2.65. The first-order valence-corrected chi connectivity index (χ1v) is 8.13. The van der Waals surface area contributed by atoms with Crippen molar-refractivity contribution in [2.75, 3.05) is 0 Å². The van der Waals surface area contributed by atoms with Crippen LogP contribution in [0.25, 0.3) is 0 Å². The van der Waals surface area contributed by atoms with Gasteiger partial charge in [0.25, 0.3) is 0 Å². The molecule has 0 N–H and O–H groups in total. The van der Waals surface area contributed by atoms with Crippen LogP contribution in [0.3, 0.4) is 0 Å². The molecule has 0 spiro atoms. The SMILES string of the molecule is CC(=O)c1ccc(C(C)(c2ccc(C3(C(F)(F)F)N=N3)cc2)C(F)(F)F)cc1. The first-order valence-electron chi connectivity index (χ1n) is 8.13. The van der Waals surface area contributed by atoms with Gasteiger partial charge < -0.3 is 0 Å². The molecule has 0 amide bonds. The molecule has 0 fully saturated rings. The topological polar surface area (TPSA) is 41.8 Å². The monoisotopic (exact) mass is 400 g/mol. The molecule has 3 nitrogen and oxygen atoms in total. The standard InChI is InChI=1S/C19H14F6N2O/c1-11(28)12-3-5-13(6-4-12)16(2,18(20,21)22)14-7-9-15(10-8-14)17(26-27-17)19(23,24)25/h3-10H,1-2H3. The van der Waals surface area contributed by atoms with Crippen LogP contribution >= 0.6 is 0 Å². The normalized spacial score (nSPS) is 17.9. The number of hydrogen-bond donors (Lipinski definition) is 0. The highest BCUT2D eigenvalue weighted by molar-refractivity contribution is 5.94. The summed E-state index contributed by atoms with van der Waals surface area (Å²) in [6, 6.07) is 8.87. The van der Waals surface area contributed by atoms with Gasteiger partial charge in [0.15, 0.2) is 5.78 Å². The highest BCUT2D eigenvalue weighted by atomic mass is 19.4. The molecule has 0 bridgehead atoms. The Morgan fingerprint density at radius 2 is 1.25 bits per heavy atom. The fourth-order valence-corrected chi connectivity index (χ4v) is 3.01. The lowest BCUT2D eigenvalue weighted by molar-refractivity contribution is -0.173. The van der Waals surface area contributed by atoms with Crippen LogP contribution in [-0.2, 0) is 11.1 Å². The fourth-order valence-electron chi connectivity index (χ4n) is 3.01. The van der Waals surface area contributed by atoms with Crippen molar-refractivity contribution >= 4 is 5.78 Å². The van der Waals surface area contributed by atoms with E-state index in [0.29, 0.717) is 0 Å². The Kier molecular flexibility index (Phi) is 4.40. The lowest BCUT2D eigenvalue weighted by Crippen LogP contribution is -2.40. The summed E-state index contributed by atoms with van der Waals surface area (Å²) in [4.78, 5) is 11.4. The summed E-state index contributed by atoms with van der Waals surface area (Å²) in [5.74, 6) is -0.293. The third kappa shape index (κ3) is 2.98. The first-order chi connectivity index (χ1) is 12.8. The molecule has 0 saturated carbocycles. The van der Waals surface area contributed by atoms with Gasteiger partial charge in [-0.3, -0.25) is 4.79 Å². The van der Waals surface area contributed by atoms with Gasteiger partial charge in [0.05, 0.1) is 0 Å². The quantitative estimate of drug-likeness (QED) is 0.463. The number of ketones is 1. The van der Waals surface area contributed by atoms with Gasteiger partial charge in [0.2, 0.25) is 0 Å². The zero-order chi connectivity index (χ0) is 21.0. The molecule has 0 saturated heterocycles. The largest absolute Gasteiger partial charge is 0.442 e. The van der Waals surface area contributed by atoms with Crippen molar-refractivity contribution in [1.29, 1.82) is 0 Å². The number of benzene rings is 2. The third-order valence-corrected chi connectivity index (χ3v) is 5.00. The van der Waals surface area contributed by atoms with E-state index in [1.54, 1.807) is 0 Å². The van der Waals surface area contributed by atoms with Gasteiger partial charge in [-0.1, -0.05) is 48.5 Å². The second-order valence-electron chi connectivity index (χ2n) is 6.70.